The van der Waals surface area contributed by atoms with Crippen molar-refractivity contribution in [1.82, 2.24) is 0 Å². The Morgan fingerprint density at radius 1 is 1.42 bits per heavy atom. The quantitative estimate of drug-likeness (QED) is 0.636. The molecular formula is C8H3ClFIS. The van der Waals surface area contributed by atoms with Crippen LogP contribution in [-0.4, -0.2) is 0 Å². The lowest BCUT2D eigenvalue weighted by Gasteiger charge is -1.95. The summed E-state index contributed by atoms with van der Waals surface area (Å²) in [7, 11) is 0. The maximum Gasteiger partial charge on any atom is 0.133 e. The molecule has 1 aromatic carbocycles. The lowest BCUT2D eigenvalue weighted by Crippen LogP contribution is -1.77. The van der Waals surface area contributed by atoms with Crippen LogP contribution in [0.25, 0.3) is 10.1 Å². The van der Waals surface area contributed by atoms with Crippen LogP contribution in [0.5, 0.6) is 0 Å². The van der Waals surface area contributed by atoms with Gasteiger partial charge >= 0.3 is 0 Å². The molecule has 0 aliphatic carbocycles. The van der Waals surface area contributed by atoms with Crippen molar-refractivity contribution >= 4 is 55.6 Å². The molecule has 0 N–H and O–H groups in total. The number of rotatable bonds is 0. The highest BCUT2D eigenvalue weighted by Gasteiger charge is 2.09. The fourth-order valence-electron chi connectivity index (χ4n) is 1.04. The average molecular weight is 313 g/mol. The first-order chi connectivity index (χ1) is 5.70. The summed E-state index contributed by atoms with van der Waals surface area (Å²) in [6, 6.07) is 3.20. The second-order valence-corrected chi connectivity index (χ2v) is 4.77. The average Bonchev–Trinajstić information content (AvgIpc) is 2.42. The molecule has 2 rings (SSSR count). The number of hydrogen-bond acceptors (Lipinski definition) is 1. The minimum absolute atomic E-state index is 0.239. The summed E-state index contributed by atoms with van der Waals surface area (Å²) in [5, 5.41) is 2.82. The highest BCUT2D eigenvalue weighted by atomic mass is 127. The van der Waals surface area contributed by atoms with Crippen LogP contribution < -0.4 is 0 Å². The summed E-state index contributed by atoms with van der Waals surface area (Å²) in [6.45, 7) is 0. The van der Waals surface area contributed by atoms with E-state index in [1.807, 2.05) is 0 Å². The SMILES string of the molecule is Fc1ccc(I)c2scc(Cl)c12. The van der Waals surface area contributed by atoms with Crippen LogP contribution in [0.2, 0.25) is 5.02 Å². The smallest absolute Gasteiger partial charge is 0.133 e. The van der Waals surface area contributed by atoms with Crippen molar-refractivity contribution in [2.24, 2.45) is 0 Å². The van der Waals surface area contributed by atoms with Gasteiger partial charge in [-0.1, -0.05) is 11.6 Å². The van der Waals surface area contributed by atoms with E-state index in [2.05, 4.69) is 22.6 Å². The first-order valence-electron chi connectivity index (χ1n) is 3.21. The molecule has 12 heavy (non-hydrogen) atoms. The maximum absolute atomic E-state index is 13.2. The first kappa shape index (κ1) is 8.72. The van der Waals surface area contributed by atoms with Crippen LogP contribution in [0.3, 0.4) is 0 Å². The van der Waals surface area contributed by atoms with Gasteiger partial charge in [0.05, 0.1) is 9.72 Å². The lowest BCUT2D eigenvalue weighted by molar-refractivity contribution is 0.640. The molecule has 62 valence electrons. The highest BCUT2D eigenvalue weighted by Crippen LogP contribution is 2.34. The zero-order valence-electron chi connectivity index (χ0n) is 5.77. The number of halogens is 3. The van der Waals surface area contributed by atoms with Crippen LogP contribution in [0.4, 0.5) is 4.39 Å². The molecule has 0 fully saturated rings. The molecule has 0 saturated carbocycles. The van der Waals surface area contributed by atoms with Crippen LogP contribution in [0, 0.1) is 9.39 Å². The standard InChI is InChI=1S/C8H3ClFIS/c9-4-3-12-8-6(11)2-1-5(10)7(4)8/h1-3H. The van der Waals surface area contributed by atoms with E-state index in [0.29, 0.717) is 10.4 Å². The molecule has 1 heterocycles. The molecule has 0 aliphatic rings. The minimum atomic E-state index is -0.239. The molecule has 0 radical (unpaired) electrons. The van der Waals surface area contributed by atoms with Gasteiger partial charge in [0.1, 0.15) is 5.82 Å². The molecular weight excluding hydrogens is 310 g/mol. The van der Waals surface area contributed by atoms with Crippen LogP contribution in [0.15, 0.2) is 17.5 Å². The van der Waals surface area contributed by atoms with Crippen molar-refractivity contribution in [3.8, 4) is 0 Å². The zero-order chi connectivity index (χ0) is 8.72. The summed E-state index contributed by atoms with van der Waals surface area (Å²) < 4.78 is 15.2. The minimum Gasteiger partial charge on any atom is -0.206 e. The largest absolute Gasteiger partial charge is 0.206 e. The third kappa shape index (κ3) is 1.24. The summed E-state index contributed by atoms with van der Waals surface area (Å²) in [6.07, 6.45) is 0. The third-order valence-electron chi connectivity index (χ3n) is 1.58. The van der Waals surface area contributed by atoms with Gasteiger partial charge in [-0.2, -0.15) is 0 Å². The van der Waals surface area contributed by atoms with E-state index in [1.165, 1.54) is 17.4 Å². The summed E-state index contributed by atoms with van der Waals surface area (Å²) in [4.78, 5) is 0. The summed E-state index contributed by atoms with van der Waals surface area (Å²) >= 11 is 9.47. The molecule has 0 saturated heterocycles. The van der Waals surface area contributed by atoms with Gasteiger partial charge in [-0.15, -0.1) is 11.3 Å². The van der Waals surface area contributed by atoms with Crippen molar-refractivity contribution < 1.29 is 4.39 Å². The van der Waals surface area contributed by atoms with Gasteiger partial charge in [0.2, 0.25) is 0 Å². The Balaban J connectivity index is 2.98. The van der Waals surface area contributed by atoms with E-state index in [0.717, 1.165) is 8.27 Å². The monoisotopic (exact) mass is 312 g/mol. The third-order valence-corrected chi connectivity index (χ3v) is 4.28. The lowest BCUT2D eigenvalue weighted by atomic mass is 10.2. The van der Waals surface area contributed by atoms with Crippen molar-refractivity contribution in [2.75, 3.05) is 0 Å². The van der Waals surface area contributed by atoms with Crippen LogP contribution in [-0.2, 0) is 0 Å². The normalized spacial score (nSPS) is 10.9. The Kier molecular flexibility index (Phi) is 2.27. The van der Waals surface area contributed by atoms with Crippen LogP contribution in [0.1, 0.15) is 0 Å². The molecule has 1 aromatic heterocycles. The number of thiophene rings is 1. The molecule has 0 spiro atoms. The van der Waals surface area contributed by atoms with Gasteiger partial charge < -0.3 is 0 Å². The van der Waals surface area contributed by atoms with E-state index in [1.54, 1.807) is 11.4 Å². The summed E-state index contributed by atoms with van der Waals surface area (Å²) in [5.41, 5.74) is 0. The number of benzene rings is 1. The number of fused-ring (bicyclic) bond motifs is 1. The predicted molar refractivity (Wildman–Crippen MR) is 59.5 cm³/mol. The molecule has 2 aromatic rings. The van der Waals surface area contributed by atoms with E-state index >= 15 is 0 Å². The Bertz CT molecular complexity index is 438. The van der Waals surface area contributed by atoms with Gasteiger partial charge in [-0.05, 0) is 34.7 Å². The molecule has 0 unspecified atom stereocenters. The molecule has 0 aliphatic heterocycles. The van der Waals surface area contributed by atoms with Gasteiger partial charge in [0.25, 0.3) is 0 Å². The van der Waals surface area contributed by atoms with Gasteiger partial charge in [0.15, 0.2) is 0 Å². The molecule has 0 bridgehead atoms. The van der Waals surface area contributed by atoms with Crippen LogP contribution >= 0.6 is 45.5 Å². The Hall–Kier alpha value is 0.130. The Morgan fingerprint density at radius 3 is 2.83 bits per heavy atom. The predicted octanol–water partition coefficient (Wildman–Crippen LogP) is 4.30. The first-order valence-corrected chi connectivity index (χ1v) is 5.54. The molecule has 0 atom stereocenters. The van der Waals surface area contributed by atoms with Crippen molar-refractivity contribution in [3.63, 3.8) is 0 Å². The van der Waals surface area contributed by atoms with Gasteiger partial charge in [-0.3, -0.25) is 0 Å². The van der Waals surface area contributed by atoms with Gasteiger partial charge in [-0.25, -0.2) is 4.39 Å². The van der Waals surface area contributed by atoms with E-state index in [-0.39, 0.29) is 5.82 Å². The fourth-order valence-corrected chi connectivity index (χ4v) is 3.09. The molecule has 4 heteroatoms. The topological polar surface area (TPSA) is 0 Å². The molecule has 0 nitrogen and oxygen atoms in total. The fraction of sp³-hybridized carbons (Fsp3) is 0. The van der Waals surface area contributed by atoms with Crippen molar-refractivity contribution in [2.45, 2.75) is 0 Å². The zero-order valence-corrected chi connectivity index (χ0v) is 9.50. The highest BCUT2D eigenvalue weighted by molar-refractivity contribution is 14.1. The maximum atomic E-state index is 13.2. The molecule has 0 amide bonds. The van der Waals surface area contributed by atoms with Crippen molar-refractivity contribution in [1.29, 1.82) is 0 Å². The summed E-state index contributed by atoms with van der Waals surface area (Å²) in [5.74, 6) is -0.239. The van der Waals surface area contributed by atoms with Gasteiger partial charge in [0, 0.05) is 14.3 Å². The number of hydrogen-bond donors (Lipinski definition) is 0. The second-order valence-electron chi connectivity index (χ2n) is 2.32. The van der Waals surface area contributed by atoms with E-state index in [9.17, 15) is 4.39 Å². The Morgan fingerprint density at radius 2 is 2.17 bits per heavy atom. The van der Waals surface area contributed by atoms with E-state index in [4.69, 9.17) is 11.6 Å². The van der Waals surface area contributed by atoms with E-state index < -0.39 is 0 Å². The second kappa shape index (κ2) is 3.12. The Labute approximate surface area is 91.5 Å². The van der Waals surface area contributed by atoms with Crippen molar-refractivity contribution in [3.05, 3.63) is 31.9 Å².